The molecule has 0 aliphatic carbocycles. The summed E-state index contributed by atoms with van der Waals surface area (Å²) in [6, 6.07) is 11.3. The normalized spacial score (nSPS) is 12.2. The van der Waals surface area contributed by atoms with Crippen LogP contribution in [0.25, 0.3) is 0 Å². The fraction of sp³-hybridized carbons (Fsp3) is 0.250. The Bertz CT molecular complexity index is 767. The molecule has 0 heterocycles. The summed E-state index contributed by atoms with van der Waals surface area (Å²) >= 11 is 0. The van der Waals surface area contributed by atoms with E-state index in [1.807, 2.05) is 19.1 Å². The number of aryl methyl sites for hydroxylation is 2. The molecule has 112 valence electrons. The highest BCUT2D eigenvalue weighted by molar-refractivity contribution is 7.86. The molecule has 0 atom stereocenters. The van der Waals surface area contributed by atoms with Gasteiger partial charge < -0.3 is 0 Å². The zero-order valence-electron chi connectivity index (χ0n) is 12.6. The SMILES string of the molecule is CCc1ccc(S(=O)(=O)O)c([SiH2]c2cccc(C)c2C)c1. The van der Waals surface area contributed by atoms with Crippen molar-refractivity contribution >= 4 is 30.0 Å². The summed E-state index contributed by atoms with van der Waals surface area (Å²) in [6.07, 6.45) is 0.847. The van der Waals surface area contributed by atoms with E-state index in [1.54, 1.807) is 6.07 Å². The van der Waals surface area contributed by atoms with Crippen LogP contribution in [0.4, 0.5) is 0 Å². The summed E-state index contributed by atoms with van der Waals surface area (Å²) in [7, 11) is -5.13. The zero-order chi connectivity index (χ0) is 15.6. The van der Waals surface area contributed by atoms with E-state index in [0.29, 0.717) is 0 Å². The van der Waals surface area contributed by atoms with Gasteiger partial charge in [0.25, 0.3) is 10.1 Å². The highest BCUT2D eigenvalue weighted by atomic mass is 32.2. The maximum Gasteiger partial charge on any atom is 0.294 e. The van der Waals surface area contributed by atoms with E-state index in [4.69, 9.17) is 0 Å². The third-order valence-corrected chi connectivity index (χ3v) is 7.23. The summed E-state index contributed by atoms with van der Waals surface area (Å²) < 4.78 is 32.6. The van der Waals surface area contributed by atoms with Gasteiger partial charge in [-0.05, 0) is 48.2 Å². The van der Waals surface area contributed by atoms with Crippen molar-refractivity contribution in [3.63, 3.8) is 0 Å². The number of hydrogen-bond acceptors (Lipinski definition) is 2. The summed E-state index contributed by atoms with van der Waals surface area (Å²) in [5.74, 6) is 0. The number of hydrogen-bond donors (Lipinski definition) is 1. The maximum absolute atomic E-state index is 11.6. The van der Waals surface area contributed by atoms with Crippen LogP contribution in [-0.4, -0.2) is 22.5 Å². The van der Waals surface area contributed by atoms with Crippen molar-refractivity contribution < 1.29 is 13.0 Å². The molecule has 2 aromatic rings. The molecule has 3 nitrogen and oxygen atoms in total. The Hall–Kier alpha value is -1.43. The average Bonchev–Trinajstić information content (AvgIpc) is 2.42. The van der Waals surface area contributed by atoms with Crippen LogP contribution in [-0.2, 0) is 16.5 Å². The van der Waals surface area contributed by atoms with Crippen molar-refractivity contribution in [2.45, 2.75) is 32.1 Å². The van der Waals surface area contributed by atoms with Crippen LogP contribution in [0, 0.1) is 13.8 Å². The molecule has 0 amide bonds. The predicted molar refractivity (Wildman–Crippen MR) is 89.4 cm³/mol. The monoisotopic (exact) mass is 320 g/mol. The van der Waals surface area contributed by atoms with Gasteiger partial charge in [-0.15, -0.1) is 0 Å². The molecule has 0 aliphatic rings. The van der Waals surface area contributed by atoms with E-state index in [2.05, 4.69) is 26.0 Å². The third-order valence-electron chi connectivity index (χ3n) is 3.91. The van der Waals surface area contributed by atoms with Gasteiger partial charge >= 0.3 is 0 Å². The third kappa shape index (κ3) is 3.61. The Labute approximate surface area is 128 Å². The molecule has 0 unspecified atom stereocenters. The van der Waals surface area contributed by atoms with Crippen molar-refractivity contribution in [3.05, 3.63) is 53.1 Å². The first-order valence-electron chi connectivity index (χ1n) is 6.97. The first kappa shape index (κ1) is 15.9. The minimum Gasteiger partial charge on any atom is -0.282 e. The Balaban J connectivity index is 2.54. The van der Waals surface area contributed by atoms with Crippen molar-refractivity contribution in [2.75, 3.05) is 0 Å². The van der Waals surface area contributed by atoms with Gasteiger partial charge in [0.1, 0.15) is 0 Å². The molecule has 0 saturated carbocycles. The Morgan fingerprint density at radius 3 is 2.43 bits per heavy atom. The van der Waals surface area contributed by atoms with Gasteiger partial charge in [-0.2, -0.15) is 8.42 Å². The van der Waals surface area contributed by atoms with Crippen LogP contribution in [0.3, 0.4) is 0 Å². The molecule has 0 spiro atoms. The Kier molecular flexibility index (Phi) is 4.66. The van der Waals surface area contributed by atoms with Gasteiger partial charge in [-0.25, -0.2) is 0 Å². The lowest BCUT2D eigenvalue weighted by Crippen LogP contribution is -2.33. The molecule has 0 bridgehead atoms. The zero-order valence-corrected chi connectivity index (χ0v) is 14.8. The smallest absolute Gasteiger partial charge is 0.282 e. The summed E-state index contributed by atoms with van der Waals surface area (Å²) in [4.78, 5) is 0.0623. The second-order valence-corrected chi connectivity index (χ2v) is 8.57. The lowest BCUT2D eigenvalue weighted by Gasteiger charge is -2.12. The van der Waals surface area contributed by atoms with E-state index in [0.717, 1.165) is 17.2 Å². The molecule has 0 aliphatic heterocycles. The summed E-state index contributed by atoms with van der Waals surface area (Å²) in [5.41, 5.74) is 3.52. The highest BCUT2D eigenvalue weighted by Crippen LogP contribution is 2.09. The van der Waals surface area contributed by atoms with Crippen LogP contribution in [0.1, 0.15) is 23.6 Å². The minimum absolute atomic E-state index is 0.0623. The van der Waals surface area contributed by atoms with Gasteiger partial charge in [0, 0.05) is 0 Å². The Morgan fingerprint density at radius 1 is 1.10 bits per heavy atom. The van der Waals surface area contributed by atoms with Gasteiger partial charge in [-0.1, -0.05) is 42.4 Å². The summed E-state index contributed by atoms with van der Waals surface area (Å²) in [6.45, 7) is 6.15. The topological polar surface area (TPSA) is 54.4 Å². The van der Waals surface area contributed by atoms with Crippen LogP contribution in [0.15, 0.2) is 41.3 Å². The minimum atomic E-state index is -4.17. The van der Waals surface area contributed by atoms with Gasteiger partial charge in [0.2, 0.25) is 0 Å². The van der Waals surface area contributed by atoms with Crippen molar-refractivity contribution in [3.8, 4) is 0 Å². The van der Waals surface area contributed by atoms with Crippen LogP contribution >= 0.6 is 0 Å². The lowest BCUT2D eigenvalue weighted by molar-refractivity contribution is 0.484. The van der Waals surface area contributed by atoms with Crippen molar-refractivity contribution in [1.82, 2.24) is 0 Å². The molecule has 0 aromatic heterocycles. The largest absolute Gasteiger partial charge is 0.294 e. The molecule has 0 saturated heterocycles. The average molecular weight is 320 g/mol. The molecular weight excluding hydrogens is 300 g/mol. The molecular formula is C16H20O3SSi. The van der Waals surface area contributed by atoms with Gasteiger partial charge in [-0.3, -0.25) is 4.55 Å². The molecule has 1 N–H and O–H groups in total. The van der Waals surface area contributed by atoms with Gasteiger partial charge in [0.05, 0.1) is 14.4 Å². The van der Waals surface area contributed by atoms with E-state index in [9.17, 15) is 13.0 Å². The van der Waals surface area contributed by atoms with E-state index in [1.165, 1.54) is 22.4 Å². The molecule has 0 radical (unpaired) electrons. The van der Waals surface area contributed by atoms with Crippen molar-refractivity contribution in [2.24, 2.45) is 0 Å². The molecule has 21 heavy (non-hydrogen) atoms. The summed E-state index contributed by atoms with van der Waals surface area (Å²) in [5, 5.41) is 2.00. The maximum atomic E-state index is 11.6. The fourth-order valence-electron chi connectivity index (χ4n) is 2.45. The Morgan fingerprint density at radius 2 is 1.81 bits per heavy atom. The molecule has 0 fully saturated rings. The highest BCUT2D eigenvalue weighted by Gasteiger charge is 2.17. The van der Waals surface area contributed by atoms with Crippen LogP contribution in [0.5, 0.6) is 0 Å². The number of rotatable bonds is 4. The standard InChI is InChI=1S/C16H20O3SSi/c1-4-13-8-9-14(20(17,18)19)16(10-13)21-15-7-5-6-11(2)12(15)3/h5-10H,4,21H2,1-3H3,(H,17,18,19). The molecule has 5 heteroatoms. The van der Waals surface area contributed by atoms with Gasteiger partial charge in [0.15, 0.2) is 0 Å². The van der Waals surface area contributed by atoms with Crippen LogP contribution in [0.2, 0.25) is 0 Å². The molecule has 2 aromatic carbocycles. The molecule has 2 rings (SSSR count). The van der Waals surface area contributed by atoms with E-state index < -0.39 is 19.6 Å². The van der Waals surface area contributed by atoms with Crippen LogP contribution < -0.4 is 10.4 Å². The lowest BCUT2D eigenvalue weighted by atomic mass is 10.1. The first-order chi connectivity index (χ1) is 9.82. The quantitative estimate of drug-likeness (QED) is 0.681. The van der Waals surface area contributed by atoms with E-state index >= 15 is 0 Å². The first-order valence-corrected chi connectivity index (χ1v) is 9.82. The second kappa shape index (κ2) is 6.13. The van der Waals surface area contributed by atoms with E-state index in [-0.39, 0.29) is 4.90 Å². The number of benzene rings is 2. The predicted octanol–water partition coefficient (Wildman–Crippen LogP) is 1.23. The second-order valence-electron chi connectivity index (χ2n) is 5.31. The van der Waals surface area contributed by atoms with Crippen molar-refractivity contribution in [1.29, 1.82) is 0 Å². The fourth-order valence-corrected chi connectivity index (χ4v) is 5.71.